The van der Waals surface area contributed by atoms with E-state index in [2.05, 4.69) is 42.5 Å². The Labute approximate surface area is 276 Å². The van der Waals surface area contributed by atoms with Crippen LogP contribution in [0.25, 0.3) is 0 Å². The van der Waals surface area contributed by atoms with Crippen LogP contribution in [0.1, 0.15) is 103 Å². The number of hydrogen-bond donors (Lipinski definition) is 8. The molecular formula is C32H56CoLiN8. The molecule has 0 aromatic rings. The van der Waals surface area contributed by atoms with Crippen molar-refractivity contribution < 1.29 is 16.8 Å². The van der Waals surface area contributed by atoms with Gasteiger partial charge in [0.25, 0.3) is 0 Å². The number of fused-ring (bicyclic) bond motifs is 20. The maximum Gasteiger partial charge on any atom is 0.0628 e. The Morgan fingerprint density at radius 3 is 0.476 bits per heavy atom. The Morgan fingerprint density at radius 2 is 0.357 bits per heavy atom. The SMILES string of the molecule is C1CCC2C3NC(NC4NC(NC5NC(NC6NC(N3)C3CCCCC63)C3CCCCC53)C3CCCCC43)C2C1.[Co].[Li]. The van der Waals surface area contributed by atoms with Crippen LogP contribution in [-0.4, -0.2) is 68.2 Å². The summed E-state index contributed by atoms with van der Waals surface area (Å²) in [6.45, 7) is 0. The summed E-state index contributed by atoms with van der Waals surface area (Å²) >= 11 is 0. The van der Waals surface area contributed by atoms with E-state index in [9.17, 15) is 0 Å². The first-order valence-corrected chi connectivity index (χ1v) is 17.9. The molecule has 4 aliphatic carbocycles. The minimum Gasteiger partial charge on any atom is -0.286 e. The van der Waals surface area contributed by atoms with E-state index in [-0.39, 0.29) is 35.6 Å². The second kappa shape index (κ2) is 13.1. The van der Waals surface area contributed by atoms with Crippen molar-refractivity contribution >= 4 is 18.9 Å². The van der Waals surface area contributed by atoms with Gasteiger partial charge in [-0.05, 0) is 98.7 Å². The van der Waals surface area contributed by atoms with Crippen LogP contribution in [0.15, 0.2) is 0 Å². The number of hydrogen-bond acceptors (Lipinski definition) is 8. The van der Waals surface area contributed by atoms with E-state index in [1.807, 2.05) is 0 Å². The Morgan fingerprint density at radius 1 is 0.238 bits per heavy atom. The molecule has 10 heteroatoms. The van der Waals surface area contributed by atoms with E-state index in [4.69, 9.17) is 0 Å². The molecule has 5 heterocycles. The van der Waals surface area contributed by atoms with Crippen molar-refractivity contribution in [3.63, 3.8) is 0 Å². The molecular weight excluding hydrogens is 562 g/mol. The molecule has 8 nitrogen and oxygen atoms in total. The standard InChI is InChI=1S/C32H56N8.Co.Li/c1-2-10-18-17(9-1)25-33-26(18)38-28-21-13-5-6-14-22(21)30(35-28)40-32-24-16-8-7-15-23(24)31(36-32)39-29-20-12-4-3-11-19(20)27(34-29)37-25;;/h17-40H,1-16H2;;. The van der Waals surface area contributed by atoms with Gasteiger partial charge in [0.05, 0.1) is 49.3 Å². The van der Waals surface area contributed by atoms with Crippen LogP contribution in [-0.2, 0) is 16.8 Å². The van der Waals surface area contributed by atoms with Crippen LogP contribution >= 0.6 is 0 Å². The predicted molar refractivity (Wildman–Crippen MR) is 163 cm³/mol. The second-order valence-electron chi connectivity index (χ2n) is 15.6. The molecule has 8 N–H and O–H groups in total. The fourth-order valence-electron chi connectivity index (χ4n) is 12.0. The average Bonchev–Trinajstić information content (AvgIpc) is 3.73. The third-order valence-electron chi connectivity index (χ3n) is 13.8. The van der Waals surface area contributed by atoms with E-state index < -0.39 is 0 Å². The summed E-state index contributed by atoms with van der Waals surface area (Å²) in [6.07, 6.45) is 25.6. The van der Waals surface area contributed by atoms with Gasteiger partial charge in [-0.25, -0.2) is 0 Å². The molecule has 2 radical (unpaired) electrons. The van der Waals surface area contributed by atoms with Crippen LogP contribution < -0.4 is 42.5 Å². The largest absolute Gasteiger partial charge is 0.286 e. The molecule has 9 rings (SSSR count). The topological polar surface area (TPSA) is 96.2 Å². The van der Waals surface area contributed by atoms with Crippen LogP contribution in [0.2, 0.25) is 0 Å². The summed E-state index contributed by atoms with van der Waals surface area (Å²) in [5.74, 6) is 5.97. The van der Waals surface area contributed by atoms with Crippen molar-refractivity contribution in [2.24, 2.45) is 47.3 Å². The van der Waals surface area contributed by atoms with E-state index in [1.165, 1.54) is 103 Å². The molecule has 8 unspecified atom stereocenters. The van der Waals surface area contributed by atoms with Gasteiger partial charge in [-0.1, -0.05) is 51.4 Å². The minimum atomic E-state index is 0. The van der Waals surface area contributed by atoms with Gasteiger partial charge in [-0.2, -0.15) is 0 Å². The summed E-state index contributed by atoms with van der Waals surface area (Å²) in [6, 6.07) is 0. The molecule has 234 valence electrons. The maximum absolute atomic E-state index is 4.26. The zero-order valence-corrected chi connectivity index (χ0v) is 26.9. The van der Waals surface area contributed by atoms with Gasteiger partial charge < -0.3 is 0 Å². The first kappa shape index (κ1) is 31.4. The summed E-state index contributed by atoms with van der Waals surface area (Å²) < 4.78 is 0. The monoisotopic (exact) mass is 618 g/mol. The van der Waals surface area contributed by atoms with Crippen molar-refractivity contribution in [3.05, 3.63) is 0 Å². The van der Waals surface area contributed by atoms with Crippen LogP contribution in [0.5, 0.6) is 0 Å². The van der Waals surface area contributed by atoms with E-state index in [0.717, 1.165) is 47.3 Å². The van der Waals surface area contributed by atoms with Gasteiger partial charge >= 0.3 is 0 Å². The predicted octanol–water partition coefficient (Wildman–Crippen LogP) is 2.22. The molecule has 0 aromatic carbocycles. The Bertz CT molecular complexity index is 723. The molecule has 8 atom stereocenters. The summed E-state index contributed by atoms with van der Waals surface area (Å²) in [5, 5.41) is 33.8. The van der Waals surface area contributed by atoms with Gasteiger partial charge in [-0.15, -0.1) is 0 Å². The van der Waals surface area contributed by atoms with Crippen molar-refractivity contribution in [2.45, 2.75) is 152 Å². The van der Waals surface area contributed by atoms with Gasteiger partial charge in [0.2, 0.25) is 0 Å². The van der Waals surface area contributed by atoms with Gasteiger partial charge in [0, 0.05) is 35.6 Å². The third kappa shape index (κ3) is 5.45. The normalized spacial score (nSPS) is 54.9. The third-order valence-corrected chi connectivity index (χ3v) is 13.8. The number of nitrogens with one attached hydrogen (secondary N) is 8. The van der Waals surface area contributed by atoms with Crippen molar-refractivity contribution in [1.82, 2.24) is 42.5 Å². The van der Waals surface area contributed by atoms with Gasteiger partial charge in [0.1, 0.15) is 0 Å². The molecule has 5 aliphatic heterocycles. The molecule has 9 fully saturated rings. The quantitative estimate of drug-likeness (QED) is 0.196. The van der Waals surface area contributed by atoms with E-state index >= 15 is 0 Å². The van der Waals surface area contributed by atoms with Crippen LogP contribution in [0, 0.1) is 47.3 Å². The Balaban J connectivity index is 0.00000144. The van der Waals surface area contributed by atoms with E-state index in [0.29, 0.717) is 49.3 Å². The summed E-state index contributed by atoms with van der Waals surface area (Å²) in [7, 11) is 0. The Hall–Kier alpha value is 0.784. The summed E-state index contributed by atoms with van der Waals surface area (Å²) in [5.41, 5.74) is 0. The minimum absolute atomic E-state index is 0. The van der Waals surface area contributed by atoms with Gasteiger partial charge in [0.15, 0.2) is 0 Å². The zero-order chi connectivity index (χ0) is 26.2. The average molecular weight is 619 g/mol. The van der Waals surface area contributed by atoms with Gasteiger partial charge in [-0.3, -0.25) is 42.5 Å². The summed E-state index contributed by atoms with van der Waals surface area (Å²) in [4.78, 5) is 0. The smallest absolute Gasteiger partial charge is 0.0628 e. The molecule has 42 heavy (non-hydrogen) atoms. The first-order chi connectivity index (χ1) is 19.8. The first-order valence-electron chi connectivity index (χ1n) is 17.9. The number of rotatable bonds is 0. The fourth-order valence-corrected chi connectivity index (χ4v) is 12.0. The molecule has 0 amide bonds. The molecule has 4 saturated carbocycles. The van der Waals surface area contributed by atoms with Crippen molar-refractivity contribution in [3.8, 4) is 0 Å². The molecule has 0 spiro atoms. The molecule has 5 saturated heterocycles. The van der Waals surface area contributed by atoms with Crippen molar-refractivity contribution in [2.75, 3.05) is 0 Å². The molecule has 9 aliphatic rings. The molecule has 8 bridgehead atoms. The maximum atomic E-state index is 4.26. The van der Waals surface area contributed by atoms with Crippen molar-refractivity contribution in [1.29, 1.82) is 0 Å². The van der Waals surface area contributed by atoms with E-state index in [1.54, 1.807) is 0 Å². The van der Waals surface area contributed by atoms with Crippen LogP contribution in [0.3, 0.4) is 0 Å². The fraction of sp³-hybridized carbons (Fsp3) is 1.00. The van der Waals surface area contributed by atoms with Crippen LogP contribution in [0.4, 0.5) is 0 Å². The zero-order valence-electron chi connectivity index (χ0n) is 25.9. The second-order valence-corrected chi connectivity index (χ2v) is 15.6. The Kier molecular flexibility index (Phi) is 9.80. The molecule has 0 aromatic heterocycles.